The summed E-state index contributed by atoms with van der Waals surface area (Å²) in [5, 5.41) is 20.5. The Morgan fingerprint density at radius 3 is 2.47 bits per heavy atom. The maximum atomic E-state index is 12.9. The number of aromatic hydroxyl groups is 2. The fraction of sp³-hybridized carbons (Fsp3) is 0.423. The van der Waals surface area contributed by atoms with E-state index in [1.807, 2.05) is 11.8 Å². The van der Waals surface area contributed by atoms with Gasteiger partial charge in [-0.2, -0.15) is 0 Å². The van der Waals surface area contributed by atoms with Gasteiger partial charge in [0.1, 0.15) is 22.7 Å². The van der Waals surface area contributed by atoms with Crippen molar-refractivity contribution in [2.24, 2.45) is 17.3 Å². The molecule has 1 heterocycles. The number of phenolic OH excluding ortho intramolecular Hbond substituents is 2. The van der Waals surface area contributed by atoms with Crippen LogP contribution < -0.4 is 4.74 Å². The topological polar surface area (TPSA) is 76.0 Å². The predicted molar refractivity (Wildman–Crippen MR) is 130 cm³/mol. The molecule has 0 saturated carbocycles. The number of thioether (sulfide) groups is 1. The minimum atomic E-state index is -0.291. The molecule has 1 fully saturated rings. The zero-order chi connectivity index (χ0) is 23.5. The summed E-state index contributed by atoms with van der Waals surface area (Å²) in [4.78, 5) is 12.9. The van der Waals surface area contributed by atoms with Crippen LogP contribution in [0.5, 0.6) is 17.2 Å². The van der Waals surface area contributed by atoms with E-state index >= 15 is 0 Å². The molecular weight excluding hydrogens is 424 g/mol. The van der Waals surface area contributed by atoms with E-state index in [0.29, 0.717) is 23.7 Å². The fourth-order valence-electron chi connectivity index (χ4n) is 4.59. The van der Waals surface area contributed by atoms with Crippen molar-refractivity contribution in [3.63, 3.8) is 0 Å². The zero-order valence-corrected chi connectivity index (χ0v) is 20.1. The van der Waals surface area contributed by atoms with Crippen molar-refractivity contribution in [2.75, 3.05) is 20.0 Å². The maximum absolute atomic E-state index is 12.9. The molecule has 0 amide bonds. The van der Waals surface area contributed by atoms with Crippen molar-refractivity contribution < 1.29 is 24.5 Å². The van der Waals surface area contributed by atoms with Crippen molar-refractivity contribution >= 4 is 23.6 Å². The van der Waals surface area contributed by atoms with Crippen LogP contribution in [-0.4, -0.2) is 41.4 Å². The number of phenols is 2. The molecule has 0 aliphatic carbocycles. The summed E-state index contributed by atoms with van der Waals surface area (Å²) in [6.07, 6.45) is 3.69. The number of allylic oxidation sites excluding steroid dienone is 1. The van der Waals surface area contributed by atoms with Gasteiger partial charge in [0.2, 0.25) is 0 Å². The highest BCUT2D eigenvalue weighted by Gasteiger charge is 2.45. The van der Waals surface area contributed by atoms with Gasteiger partial charge in [-0.25, -0.2) is 0 Å². The zero-order valence-electron chi connectivity index (χ0n) is 19.3. The molecule has 0 bridgehead atoms. The molecule has 3 rings (SSSR count). The fourth-order valence-corrected chi connectivity index (χ4v) is 6.04. The van der Waals surface area contributed by atoms with Gasteiger partial charge in [0, 0.05) is 18.1 Å². The third-order valence-electron chi connectivity index (χ3n) is 6.44. The molecule has 2 aromatic carbocycles. The number of hydrogen-bond donors (Lipinski definition) is 2. The summed E-state index contributed by atoms with van der Waals surface area (Å²) in [5.74, 6) is 2.06. The first kappa shape index (κ1) is 24.2. The van der Waals surface area contributed by atoms with Crippen LogP contribution in [0, 0.1) is 17.3 Å². The van der Waals surface area contributed by atoms with Crippen LogP contribution in [0.2, 0.25) is 0 Å². The van der Waals surface area contributed by atoms with Crippen LogP contribution in [0.25, 0.3) is 6.08 Å². The lowest BCUT2D eigenvalue weighted by atomic mass is 9.69. The second-order valence-corrected chi connectivity index (χ2v) is 10.0. The Morgan fingerprint density at radius 2 is 1.84 bits per heavy atom. The quantitative estimate of drug-likeness (QED) is 0.421. The van der Waals surface area contributed by atoms with Crippen molar-refractivity contribution in [3.8, 4) is 17.2 Å². The standard InChI is InChI=1S/C26H32O5S/c1-16-15-32-25(31-5)26(2,3)21(16)14-20-23(30-4)13-11-19(24(20)29)22(28)12-8-17-6-9-18(27)10-7-17/h6-13,16,21,25,27,29H,14-15H2,1-5H3/b12-8+. The number of hydrogen-bond acceptors (Lipinski definition) is 6. The summed E-state index contributed by atoms with van der Waals surface area (Å²) in [6, 6.07) is 9.91. The molecule has 1 aliphatic rings. The normalized spacial score (nSPS) is 22.7. The van der Waals surface area contributed by atoms with Crippen LogP contribution in [0.15, 0.2) is 42.5 Å². The molecule has 3 atom stereocenters. The molecule has 0 radical (unpaired) electrons. The predicted octanol–water partition coefficient (Wildman–Crippen LogP) is 5.54. The highest BCUT2D eigenvalue weighted by Crippen LogP contribution is 2.50. The molecule has 6 heteroatoms. The van der Waals surface area contributed by atoms with E-state index in [1.165, 1.54) is 6.08 Å². The highest BCUT2D eigenvalue weighted by molar-refractivity contribution is 7.99. The number of carbonyl (C=O) groups is 1. The van der Waals surface area contributed by atoms with Crippen LogP contribution in [-0.2, 0) is 11.2 Å². The molecule has 1 saturated heterocycles. The Labute approximate surface area is 194 Å². The van der Waals surface area contributed by atoms with Crippen molar-refractivity contribution in [3.05, 3.63) is 59.2 Å². The van der Waals surface area contributed by atoms with Crippen molar-refractivity contribution in [1.82, 2.24) is 0 Å². The molecule has 0 aromatic heterocycles. The maximum Gasteiger partial charge on any atom is 0.189 e. The summed E-state index contributed by atoms with van der Waals surface area (Å²) in [7, 11) is 3.32. The Balaban J connectivity index is 1.92. The van der Waals surface area contributed by atoms with E-state index in [-0.39, 0.29) is 39.6 Å². The van der Waals surface area contributed by atoms with E-state index < -0.39 is 0 Å². The van der Waals surface area contributed by atoms with Crippen LogP contribution in [0.3, 0.4) is 0 Å². The molecule has 2 aromatic rings. The first-order chi connectivity index (χ1) is 15.2. The molecule has 172 valence electrons. The van der Waals surface area contributed by atoms with Gasteiger partial charge in [0.25, 0.3) is 0 Å². The van der Waals surface area contributed by atoms with E-state index in [1.54, 1.807) is 56.7 Å². The first-order valence-electron chi connectivity index (χ1n) is 10.7. The van der Waals surface area contributed by atoms with E-state index in [4.69, 9.17) is 9.47 Å². The third kappa shape index (κ3) is 4.97. The molecule has 5 nitrogen and oxygen atoms in total. The van der Waals surface area contributed by atoms with E-state index in [2.05, 4.69) is 20.8 Å². The van der Waals surface area contributed by atoms with Crippen LogP contribution in [0.4, 0.5) is 0 Å². The van der Waals surface area contributed by atoms with Crippen molar-refractivity contribution in [2.45, 2.75) is 32.6 Å². The monoisotopic (exact) mass is 456 g/mol. The SMILES string of the molecule is COc1ccc(C(=O)/C=C/c2ccc(O)cc2)c(O)c1CC1C(C)CSC(OC)C1(C)C. The average Bonchev–Trinajstić information content (AvgIpc) is 2.76. The summed E-state index contributed by atoms with van der Waals surface area (Å²) in [6.45, 7) is 6.63. The second kappa shape index (κ2) is 10.0. The van der Waals surface area contributed by atoms with Gasteiger partial charge in [-0.15, -0.1) is 11.8 Å². The van der Waals surface area contributed by atoms with E-state index in [9.17, 15) is 15.0 Å². The molecule has 1 aliphatic heterocycles. The minimum Gasteiger partial charge on any atom is -0.508 e. The van der Waals surface area contributed by atoms with Gasteiger partial charge >= 0.3 is 0 Å². The first-order valence-corrected chi connectivity index (χ1v) is 11.8. The number of ketones is 1. The molecule has 3 unspecified atom stereocenters. The third-order valence-corrected chi connectivity index (χ3v) is 8.26. The van der Waals surface area contributed by atoms with Crippen LogP contribution in [0.1, 0.15) is 42.3 Å². The number of methoxy groups -OCH3 is 2. The minimum absolute atomic E-state index is 0.0279. The van der Waals surface area contributed by atoms with Gasteiger partial charge in [-0.3, -0.25) is 4.79 Å². The lowest BCUT2D eigenvalue weighted by Crippen LogP contribution is -2.45. The van der Waals surface area contributed by atoms with E-state index in [0.717, 1.165) is 11.3 Å². The number of carbonyl (C=O) groups excluding carboxylic acids is 1. The molecular formula is C26H32O5S. The largest absolute Gasteiger partial charge is 0.508 e. The average molecular weight is 457 g/mol. The molecule has 2 N–H and O–H groups in total. The summed E-state index contributed by atoms with van der Waals surface area (Å²) < 4.78 is 11.3. The summed E-state index contributed by atoms with van der Waals surface area (Å²) >= 11 is 1.83. The van der Waals surface area contributed by atoms with Gasteiger partial charge < -0.3 is 19.7 Å². The smallest absolute Gasteiger partial charge is 0.189 e. The number of benzene rings is 2. The van der Waals surface area contributed by atoms with Gasteiger partial charge in [0.05, 0.1) is 12.7 Å². The highest BCUT2D eigenvalue weighted by atomic mass is 32.2. The van der Waals surface area contributed by atoms with Crippen LogP contribution >= 0.6 is 11.8 Å². The number of rotatable bonds is 7. The Bertz CT molecular complexity index is 980. The Hall–Kier alpha value is -2.44. The molecule has 32 heavy (non-hydrogen) atoms. The lowest BCUT2D eigenvalue weighted by molar-refractivity contribution is 0.00801. The van der Waals surface area contributed by atoms with Gasteiger partial charge in [-0.1, -0.05) is 39.0 Å². The molecule has 0 spiro atoms. The number of ether oxygens (including phenoxy) is 2. The van der Waals surface area contributed by atoms with Gasteiger partial charge in [0.15, 0.2) is 5.78 Å². The Kier molecular flexibility index (Phi) is 7.57. The second-order valence-electron chi connectivity index (χ2n) is 8.94. The van der Waals surface area contributed by atoms with Crippen molar-refractivity contribution in [1.29, 1.82) is 0 Å². The van der Waals surface area contributed by atoms with Gasteiger partial charge in [-0.05, 0) is 59.9 Å². The summed E-state index contributed by atoms with van der Waals surface area (Å²) in [5.41, 5.74) is 1.63. The lowest BCUT2D eigenvalue weighted by Gasteiger charge is -2.47. The Morgan fingerprint density at radius 1 is 1.16 bits per heavy atom.